The van der Waals surface area contributed by atoms with Crippen molar-refractivity contribution in [3.8, 4) is 0 Å². The molecule has 0 bridgehead atoms. The number of carbonyl (C=O) groups excluding carboxylic acids is 3. The van der Waals surface area contributed by atoms with Crippen molar-refractivity contribution >= 4 is 17.9 Å². The summed E-state index contributed by atoms with van der Waals surface area (Å²) in [5, 5.41) is 11.6. The number of hydrogen-bond donors (Lipinski definition) is 0. The zero-order chi connectivity index (χ0) is 43.5. The monoisotopic (exact) mass is 824 g/mol. The van der Waals surface area contributed by atoms with Crippen LogP contribution in [-0.2, 0) is 28.6 Å². The lowest BCUT2D eigenvalue weighted by molar-refractivity contribution is -0.889. The topological polar surface area (TPSA) is 102 Å². The number of carboxylic acids is 1. The van der Waals surface area contributed by atoms with E-state index in [0.717, 1.165) is 51.4 Å². The molecule has 0 N–H and O–H groups in total. The maximum absolute atomic E-state index is 12.7. The molecule has 0 saturated heterocycles. The molecule has 0 spiro atoms. The van der Waals surface area contributed by atoms with Gasteiger partial charge in [0.05, 0.1) is 40.3 Å². The Balaban J connectivity index is 4.38. The Labute approximate surface area is 361 Å². The van der Waals surface area contributed by atoms with E-state index in [2.05, 4.69) is 44.2 Å². The fourth-order valence-corrected chi connectivity index (χ4v) is 6.31. The molecular weight excluding hydrogens is 739 g/mol. The number of rotatable bonds is 40. The standard InChI is InChI=1S/C51H85NO7/c1-6-8-10-12-14-16-18-20-21-22-23-24-25-26-27-28-30-32-34-36-38-40-42-50(54)59-47(45-57-44-43-48(51(55)56)52(3,4)5)46-58-49(53)41-39-37-35-33-31-29-19-17-15-13-11-9-7-2/h9,11,13,15,17,19,22-23,25-26,29,31,33,35,47-48H,6-8,10,12,14,16,18,20-21,24,27-28,30,32,34,36-46H2,1-5H3/b11-9+,15-13+,19-17+,23-22+,26-25+,31-29+,35-33+. The molecule has 0 aliphatic heterocycles. The summed E-state index contributed by atoms with van der Waals surface area (Å²) in [7, 11) is 5.37. The highest BCUT2D eigenvalue weighted by atomic mass is 16.6. The molecule has 0 heterocycles. The third kappa shape index (κ3) is 39.7. The van der Waals surface area contributed by atoms with Crippen molar-refractivity contribution < 1.29 is 38.2 Å². The molecule has 0 aromatic carbocycles. The summed E-state index contributed by atoms with van der Waals surface area (Å²) in [6.07, 6.45) is 53.4. The zero-order valence-electron chi connectivity index (χ0n) is 38.1. The van der Waals surface area contributed by atoms with Gasteiger partial charge in [-0.3, -0.25) is 9.59 Å². The van der Waals surface area contributed by atoms with Gasteiger partial charge in [-0.1, -0.05) is 176 Å². The average Bonchev–Trinajstić information content (AvgIpc) is 3.19. The molecular formula is C51H85NO7. The first-order valence-electron chi connectivity index (χ1n) is 23.2. The maximum Gasteiger partial charge on any atom is 0.306 e. The molecule has 8 nitrogen and oxygen atoms in total. The van der Waals surface area contributed by atoms with Gasteiger partial charge >= 0.3 is 11.9 Å². The lowest BCUT2D eigenvalue weighted by Crippen LogP contribution is -2.55. The van der Waals surface area contributed by atoms with Crippen LogP contribution >= 0.6 is 0 Å². The first-order chi connectivity index (χ1) is 28.6. The fraction of sp³-hybridized carbons (Fsp3) is 0.667. The number of allylic oxidation sites excluding steroid dienone is 14. The SMILES string of the molecule is CC/C=C/C=C/C=C/C=C/C=C/CCCC(=O)OCC(COCCC(C(=O)[O-])[N+](C)(C)C)OC(=O)CCCCCCCCC/C=C/C/C=C/CCCCCCCCCC. The van der Waals surface area contributed by atoms with Crippen LogP contribution < -0.4 is 5.11 Å². The summed E-state index contributed by atoms with van der Waals surface area (Å²) >= 11 is 0. The zero-order valence-corrected chi connectivity index (χ0v) is 38.1. The fourth-order valence-electron chi connectivity index (χ4n) is 6.31. The second-order valence-electron chi connectivity index (χ2n) is 16.4. The van der Waals surface area contributed by atoms with Crippen molar-refractivity contribution in [3.63, 3.8) is 0 Å². The van der Waals surface area contributed by atoms with Crippen LogP contribution in [0.1, 0.15) is 168 Å². The van der Waals surface area contributed by atoms with Crippen LogP contribution in [0.25, 0.3) is 0 Å². The quantitative estimate of drug-likeness (QED) is 0.0199. The Bertz CT molecular complexity index is 1240. The molecule has 0 aliphatic rings. The van der Waals surface area contributed by atoms with Crippen molar-refractivity contribution in [2.75, 3.05) is 41.0 Å². The van der Waals surface area contributed by atoms with E-state index in [1.165, 1.54) is 77.0 Å². The molecule has 0 aromatic heterocycles. The van der Waals surface area contributed by atoms with Gasteiger partial charge in [0.1, 0.15) is 12.6 Å². The predicted molar refractivity (Wildman–Crippen MR) is 245 cm³/mol. The van der Waals surface area contributed by atoms with E-state index in [1.807, 2.05) is 54.7 Å². The number of aliphatic carboxylic acids is 1. The summed E-state index contributed by atoms with van der Waals surface area (Å²) in [6.45, 7) is 4.42. The summed E-state index contributed by atoms with van der Waals surface area (Å²) in [5.41, 5.74) is 0. The molecule has 0 aliphatic carbocycles. The molecule has 59 heavy (non-hydrogen) atoms. The van der Waals surface area contributed by atoms with Gasteiger partial charge in [0.2, 0.25) is 0 Å². The molecule has 0 radical (unpaired) electrons. The molecule has 2 atom stereocenters. The predicted octanol–water partition coefficient (Wildman–Crippen LogP) is 11.6. The second kappa shape index (κ2) is 41.3. The molecule has 0 aromatic rings. The summed E-state index contributed by atoms with van der Waals surface area (Å²) < 4.78 is 17.1. The third-order valence-corrected chi connectivity index (χ3v) is 9.89. The smallest absolute Gasteiger partial charge is 0.306 e. The van der Waals surface area contributed by atoms with Gasteiger partial charge in [0, 0.05) is 19.3 Å². The molecule has 8 heteroatoms. The first-order valence-corrected chi connectivity index (χ1v) is 23.2. The van der Waals surface area contributed by atoms with Crippen LogP contribution in [0.3, 0.4) is 0 Å². The number of hydrogen-bond acceptors (Lipinski definition) is 7. The van der Waals surface area contributed by atoms with Crippen LogP contribution in [0.15, 0.2) is 85.1 Å². The van der Waals surface area contributed by atoms with Gasteiger partial charge in [0.25, 0.3) is 0 Å². The van der Waals surface area contributed by atoms with E-state index < -0.39 is 18.1 Å². The van der Waals surface area contributed by atoms with Gasteiger partial charge < -0.3 is 28.6 Å². The van der Waals surface area contributed by atoms with Gasteiger partial charge in [-0.25, -0.2) is 0 Å². The van der Waals surface area contributed by atoms with Crippen LogP contribution in [0.5, 0.6) is 0 Å². The van der Waals surface area contributed by atoms with Gasteiger partial charge in [-0.15, -0.1) is 0 Å². The van der Waals surface area contributed by atoms with Crippen molar-refractivity contribution in [2.24, 2.45) is 0 Å². The van der Waals surface area contributed by atoms with Crippen LogP contribution in [0, 0.1) is 0 Å². The summed E-state index contributed by atoms with van der Waals surface area (Å²) in [4.78, 5) is 36.8. The number of esters is 2. The highest BCUT2D eigenvalue weighted by Crippen LogP contribution is 2.13. The lowest BCUT2D eigenvalue weighted by Gasteiger charge is -2.34. The highest BCUT2D eigenvalue weighted by molar-refractivity contribution is 5.70. The first kappa shape index (κ1) is 55.5. The van der Waals surface area contributed by atoms with Crippen molar-refractivity contribution in [3.05, 3.63) is 85.1 Å². The average molecular weight is 824 g/mol. The maximum atomic E-state index is 12.7. The van der Waals surface area contributed by atoms with Crippen molar-refractivity contribution in [1.82, 2.24) is 0 Å². The Morgan fingerprint density at radius 1 is 0.542 bits per heavy atom. The van der Waals surface area contributed by atoms with Gasteiger partial charge in [0.15, 0.2) is 6.10 Å². The minimum Gasteiger partial charge on any atom is -0.544 e. The molecule has 0 saturated carbocycles. The van der Waals surface area contributed by atoms with E-state index in [9.17, 15) is 19.5 Å². The lowest BCUT2D eigenvalue weighted by atomic mass is 10.1. The molecule has 0 rings (SSSR count). The minimum absolute atomic E-state index is 0.00985. The van der Waals surface area contributed by atoms with Crippen LogP contribution in [0.2, 0.25) is 0 Å². The minimum atomic E-state index is -1.14. The normalized spacial score (nSPS) is 13.7. The molecule has 2 unspecified atom stereocenters. The van der Waals surface area contributed by atoms with Crippen LogP contribution in [0.4, 0.5) is 0 Å². The molecule has 0 amide bonds. The second-order valence-corrected chi connectivity index (χ2v) is 16.4. The van der Waals surface area contributed by atoms with Gasteiger partial charge in [-0.2, -0.15) is 0 Å². The van der Waals surface area contributed by atoms with E-state index in [1.54, 1.807) is 21.1 Å². The van der Waals surface area contributed by atoms with Gasteiger partial charge in [-0.05, 0) is 57.8 Å². The molecule has 0 fully saturated rings. The Kier molecular flexibility index (Phi) is 38.8. The number of unbranched alkanes of at least 4 members (excludes halogenated alkanes) is 16. The van der Waals surface area contributed by atoms with E-state index in [4.69, 9.17) is 14.2 Å². The molecule has 336 valence electrons. The Hall–Kier alpha value is -3.49. The van der Waals surface area contributed by atoms with Crippen molar-refractivity contribution in [1.29, 1.82) is 0 Å². The Morgan fingerprint density at radius 3 is 1.58 bits per heavy atom. The van der Waals surface area contributed by atoms with E-state index in [0.29, 0.717) is 12.8 Å². The number of quaternary nitrogens is 1. The number of carboxylic acid groups (broad SMARTS) is 1. The van der Waals surface area contributed by atoms with E-state index >= 15 is 0 Å². The summed E-state index contributed by atoms with van der Waals surface area (Å²) in [5.74, 6) is -1.85. The largest absolute Gasteiger partial charge is 0.544 e. The van der Waals surface area contributed by atoms with Crippen molar-refractivity contribution in [2.45, 2.75) is 180 Å². The number of nitrogens with zero attached hydrogens (tertiary/aromatic N) is 1. The highest BCUT2D eigenvalue weighted by Gasteiger charge is 2.25. The third-order valence-electron chi connectivity index (χ3n) is 9.89. The summed E-state index contributed by atoms with van der Waals surface area (Å²) in [6, 6.07) is -0.742. The number of carbonyl (C=O) groups is 3. The Morgan fingerprint density at radius 2 is 1.03 bits per heavy atom. The number of ether oxygens (including phenoxy) is 3. The van der Waals surface area contributed by atoms with E-state index in [-0.39, 0.29) is 49.1 Å². The number of likely N-dealkylation sites (N-methyl/N-ethyl adjacent to an activating group) is 1. The van der Waals surface area contributed by atoms with Crippen LogP contribution in [-0.4, -0.2) is 75.5 Å².